The van der Waals surface area contributed by atoms with Crippen molar-refractivity contribution in [1.29, 1.82) is 0 Å². The molecule has 1 N–H and O–H groups in total. The molecule has 0 aliphatic carbocycles. The summed E-state index contributed by atoms with van der Waals surface area (Å²) in [6.45, 7) is 3.03. The van der Waals surface area contributed by atoms with Crippen molar-refractivity contribution in [3.63, 3.8) is 0 Å². The molecule has 0 aromatic carbocycles. The molecule has 2 heterocycles. The Hall–Kier alpha value is -1.60. The van der Waals surface area contributed by atoms with Crippen LogP contribution >= 0.6 is 11.3 Å². The molecule has 1 fully saturated rings. The normalized spacial score (nSPS) is 18.9. The number of carboxylic acids is 1. The summed E-state index contributed by atoms with van der Waals surface area (Å²) >= 11 is 1.38. The van der Waals surface area contributed by atoms with Crippen LogP contribution in [0.5, 0.6) is 5.75 Å². The van der Waals surface area contributed by atoms with Gasteiger partial charge >= 0.3 is 5.97 Å². The number of hydrogen-bond acceptors (Lipinski definition) is 5. The van der Waals surface area contributed by atoms with Crippen molar-refractivity contribution in [2.45, 2.75) is 19.4 Å². The standard InChI is InChI=1S/C13H17NO5S/c1-8-5-10(18-2)12(20-8)13(17)14-3-4-19-9(7-14)6-11(15)16/h5,9H,3-4,6-7H2,1-2H3,(H,15,16). The van der Waals surface area contributed by atoms with Crippen LogP contribution in [0.25, 0.3) is 0 Å². The fraction of sp³-hybridized carbons (Fsp3) is 0.538. The van der Waals surface area contributed by atoms with E-state index in [2.05, 4.69) is 0 Å². The van der Waals surface area contributed by atoms with E-state index in [1.54, 1.807) is 4.90 Å². The number of methoxy groups -OCH3 is 1. The van der Waals surface area contributed by atoms with Gasteiger partial charge in [-0.2, -0.15) is 0 Å². The quantitative estimate of drug-likeness (QED) is 0.909. The Bertz CT molecular complexity index is 513. The number of hydrogen-bond donors (Lipinski definition) is 1. The summed E-state index contributed by atoms with van der Waals surface area (Å²) in [5, 5.41) is 8.79. The van der Waals surface area contributed by atoms with Crippen LogP contribution in [-0.2, 0) is 9.53 Å². The third-order valence-corrected chi connectivity index (χ3v) is 4.08. The highest BCUT2D eigenvalue weighted by atomic mass is 32.1. The second-order valence-electron chi connectivity index (χ2n) is 4.60. The van der Waals surface area contributed by atoms with Crippen LogP contribution < -0.4 is 4.74 Å². The Morgan fingerprint density at radius 3 is 3.00 bits per heavy atom. The Labute approximate surface area is 120 Å². The van der Waals surface area contributed by atoms with Crippen molar-refractivity contribution in [3.05, 3.63) is 15.8 Å². The van der Waals surface area contributed by atoms with Crippen LogP contribution in [0, 0.1) is 6.92 Å². The van der Waals surface area contributed by atoms with E-state index in [9.17, 15) is 9.59 Å². The summed E-state index contributed by atoms with van der Waals surface area (Å²) in [4.78, 5) is 26.4. The van der Waals surface area contributed by atoms with Crippen LogP contribution in [0.2, 0.25) is 0 Å². The first-order valence-corrected chi connectivity index (χ1v) is 7.10. The Balaban J connectivity index is 2.10. The molecule has 6 nitrogen and oxygen atoms in total. The lowest BCUT2D eigenvalue weighted by atomic mass is 10.2. The molecule has 1 saturated heterocycles. The largest absolute Gasteiger partial charge is 0.495 e. The minimum absolute atomic E-state index is 0.0929. The molecule has 0 bridgehead atoms. The third kappa shape index (κ3) is 3.29. The smallest absolute Gasteiger partial charge is 0.306 e. The molecule has 0 spiro atoms. The monoisotopic (exact) mass is 299 g/mol. The lowest BCUT2D eigenvalue weighted by molar-refractivity contribution is -0.141. The minimum atomic E-state index is -0.922. The fourth-order valence-electron chi connectivity index (χ4n) is 2.16. The second kappa shape index (κ2) is 6.23. The highest BCUT2D eigenvalue weighted by molar-refractivity contribution is 7.14. The van der Waals surface area contributed by atoms with Crippen LogP contribution in [0.4, 0.5) is 0 Å². The molecule has 7 heteroatoms. The number of aryl methyl sites for hydroxylation is 1. The number of morpholine rings is 1. The molecular weight excluding hydrogens is 282 g/mol. The molecule has 1 amide bonds. The predicted molar refractivity (Wildman–Crippen MR) is 73.5 cm³/mol. The average molecular weight is 299 g/mol. The molecule has 20 heavy (non-hydrogen) atoms. The highest BCUT2D eigenvalue weighted by Gasteiger charge is 2.29. The van der Waals surface area contributed by atoms with Crippen molar-refractivity contribution in [3.8, 4) is 5.75 Å². The first kappa shape index (κ1) is 14.8. The van der Waals surface area contributed by atoms with Gasteiger partial charge in [0, 0.05) is 18.0 Å². The SMILES string of the molecule is COc1cc(C)sc1C(=O)N1CCOC(CC(=O)O)C1. The molecule has 1 aromatic heterocycles. The van der Waals surface area contributed by atoms with Crippen LogP contribution in [0.15, 0.2) is 6.07 Å². The van der Waals surface area contributed by atoms with Crippen molar-refractivity contribution in [1.82, 2.24) is 4.90 Å². The average Bonchev–Trinajstić information content (AvgIpc) is 2.78. The van der Waals surface area contributed by atoms with E-state index in [1.165, 1.54) is 18.4 Å². The first-order valence-electron chi connectivity index (χ1n) is 6.28. The highest BCUT2D eigenvalue weighted by Crippen LogP contribution is 2.30. The zero-order valence-electron chi connectivity index (χ0n) is 11.4. The number of aliphatic carboxylic acids is 1. The van der Waals surface area contributed by atoms with E-state index >= 15 is 0 Å². The van der Waals surface area contributed by atoms with E-state index in [0.29, 0.717) is 30.3 Å². The molecular formula is C13H17NO5S. The maximum atomic E-state index is 12.5. The first-order chi connectivity index (χ1) is 9.51. The number of carbonyl (C=O) groups is 2. The number of carboxylic acid groups (broad SMARTS) is 1. The van der Waals surface area contributed by atoms with Gasteiger partial charge in [-0.05, 0) is 13.0 Å². The molecule has 110 valence electrons. The van der Waals surface area contributed by atoms with Gasteiger partial charge in [0.2, 0.25) is 0 Å². The Kier molecular flexibility index (Phi) is 4.61. The van der Waals surface area contributed by atoms with Gasteiger partial charge in [-0.3, -0.25) is 9.59 Å². The summed E-state index contributed by atoms with van der Waals surface area (Å²) in [5.74, 6) is -0.480. The lowest BCUT2D eigenvalue weighted by Crippen LogP contribution is -2.46. The van der Waals surface area contributed by atoms with Gasteiger partial charge < -0.3 is 19.5 Å². The van der Waals surface area contributed by atoms with Gasteiger partial charge in [-0.1, -0.05) is 0 Å². The van der Waals surface area contributed by atoms with Gasteiger partial charge in [-0.25, -0.2) is 0 Å². The van der Waals surface area contributed by atoms with Crippen LogP contribution in [0.3, 0.4) is 0 Å². The minimum Gasteiger partial charge on any atom is -0.495 e. The molecule has 0 radical (unpaired) electrons. The number of amides is 1. The Morgan fingerprint density at radius 1 is 1.60 bits per heavy atom. The number of carbonyl (C=O) groups excluding carboxylic acids is 1. The van der Waals surface area contributed by atoms with E-state index < -0.39 is 12.1 Å². The topological polar surface area (TPSA) is 76.1 Å². The van der Waals surface area contributed by atoms with Crippen molar-refractivity contribution in [2.24, 2.45) is 0 Å². The van der Waals surface area contributed by atoms with Crippen molar-refractivity contribution >= 4 is 23.2 Å². The zero-order chi connectivity index (χ0) is 14.7. The number of nitrogens with zero attached hydrogens (tertiary/aromatic N) is 1. The predicted octanol–water partition coefficient (Wildman–Crippen LogP) is 1.38. The van der Waals surface area contributed by atoms with Gasteiger partial charge in [0.1, 0.15) is 10.6 Å². The van der Waals surface area contributed by atoms with Crippen LogP contribution in [0.1, 0.15) is 21.0 Å². The molecule has 1 unspecified atom stereocenters. The summed E-state index contributed by atoms with van der Waals surface area (Å²) < 4.78 is 10.6. The van der Waals surface area contributed by atoms with E-state index in [0.717, 1.165) is 4.88 Å². The van der Waals surface area contributed by atoms with Crippen molar-refractivity contribution < 1.29 is 24.2 Å². The summed E-state index contributed by atoms with van der Waals surface area (Å²) in [6, 6.07) is 1.83. The van der Waals surface area contributed by atoms with Gasteiger partial charge in [-0.15, -0.1) is 11.3 Å². The fourth-order valence-corrected chi connectivity index (χ4v) is 3.10. The van der Waals surface area contributed by atoms with Crippen molar-refractivity contribution in [2.75, 3.05) is 26.8 Å². The van der Waals surface area contributed by atoms with Gasteiger partial charge in [0.25, 0.3) is 5.91 Å². The number of rotatable bonds is 4. The third-order valence-electron chi connectivity index (χ3n) is 3.06. The molecule has 1 aliphatic heterocycles. The van der Waals surface area contributed by atoms with Gasteiger partial charge in [0.05, 0.1) is 26.2 Å². The van der Waals surface area contributed by atoms with E-state index in [1.807, 2.05) is 13.0 Å². The van der Waals surface area contributed by atoms with Crippen LogP contribution in [-0.4, -0.2) is 54.8 Å². The summed E-state index contributed by atoms with van der Waals surface area (Å²) in [7, 11) is 1.53. The molecule has 1 aromatic rings. The summed E-state index contributed by atoms with van der Waals surface area (Å²) in [6.07, 6.45) is -0.540. The van der Waals surface area contributed by atoms with E-state index in [4.69, 9.17) is 14.6 Å². The summed E-state index contributed by atoms with van der Waals surface area (Å²) in [5.41, 5.74) is 0. The number of ether oxygens (including phenoxy) is 2. The number of thiophene rings is 1. The molecule has 1 aliphatic rings. The molecule has 0 saturated carbocycles. The molecule has 1 atom stereocenters. The Morgan fingerprint density at radius 2 is 2.35 bits per heavy atom. The zero-order valence-corrected chi connectivity index (χ0v) is 12.2. The maximum Gasteiger partial charge on any atom is 0.306 e. The second-order valence-corrected chi connectivity index (χ2v) is 5.85. The van der Waals surface area contributed by atoms with Gasteiger partial charge in [0.15, 0.2) is 0 Å². The maximum absolute atomic E-state index is 12.5. The molecule has 2 rings (SSSR count). The van der Waals surface area contributed by atoms with E-state index in [-0.39, 0.29) is 12.3 Å². The lowest BCUT2D eigenvalue weighted by Gasteiger charge is -2.32.